The van der Waals surface area contributed by atoms with Crippen molar-refractivity contribution in [2.75, 3.05) is 13.2 Å². The molecule has 9 nitrogen and oxygen atoms in total. The molecule has 33 heavy (non-hydrogen) atoms. The van der Waals surface area contributed by atoms with E-state index in [1.165, 1.54) is 22.0 Å². The minimum atomic E-state index is -0.232. The molecule has 1 aromatic carbocycles. The molecule has 0 unspecified atom stereocenters. The Labute approximate surface area is 198 Å². The number of nitrogens with one attached hydrogen (secondary N) is 1. The summed E-state index contributed by atoms with van der Waals surface area (Å²) in [6.45, 7) is 1.11. The number of thiophene rings is 1. The number of carbonyl (C=O) groups is 1. The highest BCUT2D eigenvalue weighted by molar-refractivity contribution is 7.17. The molecule has 4 rings (SSSR count). The first-order chi connectivity index (χ1) is 16.0. The Morgan fingerprint density at radius 2 is 2.09 bits per heavy atom. The molecule has 3 N–H and O–H groups in total. The molecule has 0 spiro atoms. The van der Waals surface area contributed by atoms with E-state index in [1.807, 2.05) is 0 Å². The van der Waals surface area contributed by atoms with Crippen LogP contribution in [-0.4, -0.2) is 38.6 Å². The Hall–Kier alpha value is -3.47. The van der Waals surface area contributed by atoms with Crippen molar-refractivity contribution in [3.05, 3.63) is 86.2 Å². The predicted octanol–water partition coefficient (Wildman–Crippen LogP) is 2.79. The normalized spacial score (nSPS) is 10.8. The lowest BCUT2D eigenvalue weighted by Crippen LogP contribution is -2.21. The van der Waals surface area contributed by atoms with E-state index < -0.39 is 0 Å². The SMILES string of the molecule is NCCCOc1cc(-n2ccccc2=O)ccc1-n1cc(CNC(=O)c2ccc(Cl)s2)nn1. The molecule has 0 atom stereocenters. The Kier molecular flexibility index (Phi) is 7.18. The van der Waals surface area contributed by atoms with Crippen LogP contribution < -0.4 is 21.3 Å². The second kappa shape index (κ2) is 10.4. The van der Waals surface area contributed by atoms with Crippen molar-refractivity contribution in [3.63, 3.8) is 0 Å². The molecule has 0 aliphatic rings. The number of hydrogen-bond donors (Lipinski definition) is 2. The van der Waals surface area contributed by atoms with Crippen LogP contribution in [-0.2, 0) is 6.54 Å². The molecule has 0 radical (unpaired) electrons. The summed E-state index contributed by atoms with van der Waals surface area (Å²) in [6.07, 6.45) is 4.08. The molecular formula is C22H21ClN6O3S. The third-order valence-corrected chi connectivity index (χ3v) is 5.89. The molecular weight excluding hydrogens is 464 g/mol. The van der Waals surface area contributed by atoms with Crippen molar-refractivity contribution in [2.24, 2.45) is 5.73 Å². The number of ether oxygens (including phenoxy) is 1. The van der Waals surface area contributed by atoms with Gasteiger partial charge in [0, 0.05) is 18.3 Å². The number of hydrogen-bond acceptors (Lipinski definition) is 7. The van der Waals surface area contributed by atoms with Gasteiger partial charge in [-0.15, -0.1) is 16.4 Å². The van der Waals surface area contributed by atoms with Gasteiger partial charge in [-0.05, 0) is 43.3 Å². The standard InChI is InChI=1S/C22H21ClN6O3S/c23-20-8-7-19(33-20)22(31)25-13-15-14-29(27-26-15)17-6-5-16(12-18(17)32-11-3-9-24)28-10-2-1-4-21(28)30/h1-2,4-8,10,12,14H,3,9,11,13,24H2,(H,25,31). The highest BCUT2D eigenvalue weighted by Gasteiger charge is 2.13. The van der Waals surface area contributed by atoms with Crippen molar-refractivity contribution in [1.82, 2.24) is 24.9 Å². The lowest BCUT2D eigenvalue weighted by atomic mass is 10.2. The van der Waals surface area contributed by atoms with Gasteiger partial charge >= 0.3 is 0 Å². The number of aromatic nitrogens is 4. The largest absolute Gasteiger partial charge is 0.491 e. The van der Waals surface area contributed by atoms with Crippen molar-refractivity contribution in [2.45, 2.75) is 13.0 Å². The van der Waals surface area contributed by atoms with Gasteiger partial charge in [0.15, 0.2) is 0 Å². The topological polar surface area (TPSA) is 117 Å². The molecule has 1 amide bonds. The lowest BCUT2D eigenvalue weighted by molar-refractivity contribution is 0.0954. The van der Waals surface area contributed by atoms with E-state index in [2.05, 4.69) is 15.6 Å². The Bertz CT molecular complexity index is 1320. The average Bonchev–Trinajstić information content (AvgIpc) is 3.47. The minimum absolute atomic E-state index is 0.149. The van der Waals surface area contributed by atoms with E-state index >= 15 is 0 Å². The van der Waals surface area contributed by atoms with E-state index in [9.17, 15) is 9.59 Å². The minimum Gasteiger partial charge on any atom is -0.491 e. The number of benzene rings is 1. The lowest BCUT2D eigenvalue weighted by Gasteiger charge is -2.13. The molecule has 0 saturated carbocycles. The van der Waals surface area contributed by atoms with Gasteiger partial charge in [-0.25, -0.2) is 4.68 Å². The van der Waals surface area contributed by atoms with Crippen LogP contribution in [0, 0.1) is 0 Å². The van der Waals surface area contributed by atoms with Crippen LogP contribution in [0.5, 0.6) is 5.75 Å². The number of pyridine rings is 1. The molecule has 0 aliphatic heterocycles. The molecule has 0 saturated heterocycles. The maximum Gasteiger partial charge on any atom is 0.261 e. The second-order valence-corrected chi connectivity index (χ2v) is 8.71. The van der Waals surface area contributed by atoms with Gasteiger partial charge in [0.1, 0.15) is 17.1 Å². The maximum absolute atomic E-state index is 12.2. The number of nitrogens with zero attached hydrogens (tertiary/aromatic N) is 4. The zero-order chi connectivity index (χ0) is 23.2. The molecule has 170 valence electrons. The van der Waals surface area contributed by atoms with Crippen LogP contribution in [0.2, 0.25) is 4.34 Å². The number of nitrogens with two attached hydrogens (primary N) is 1. The summed E-state index contributed by atoms with van der Waals surface area (Å²) < 4.78 is 9.58. The number of carbonyl (C=O) groups excluding carboxylic acids is 1. The quantitative estimate of drug-likeness (QED) is 0.353. The third kappa shape index (κ3) is 5.48. The summed E-state index contributed by atoms with van der Waals surface area (Å²) in [5.41, 5.74) is 7.32. The predicted molar refractivity (Wildman–Crippen MR) is 127 cm³/mol. The van der Waals surface area contributed by atoms with E-state index in [0.29, 0.717) is 51.6 Å². The van der Waals surface area contributed by atoms with Crippen LogP contribution >= 0.6 is 22.9 Å². The molecule has 3 heterocycles. The zero-order valence-electron chi connectivity index (χ0n) is 17.5. The van der Waals surface area contributed by atoms with Gasteiger partial charge in [0.05, 0.1) is 34.2 Å². The van der Waals surface area contributed by atoms with E-state index in [-0.39, 0.29) is 18.0 Å². The van der Waals surface area contributed by atoms with Crippen LogP contribution in [0.25, 0.3) is 11.4 Å². The van der Waals surface area contributed by atoms with E-state index in [4.69, 9.17) is 22.1 Å². The Morgan fingerprint density at radius 1 is 1.21 bits per heavy atom. The highest BCUT2D eigenvalue weighted by atomic mass is 35.5. The smallest absolute Gasteiger partial charge is 0.261 e. The first kappa shape index (κ1) is 22.7. The fourth-order valence-electron chi connectivity index (χ4n) is 3.06. The average molecular weight is 485 g/mol. The van der Waals surface area contributed by atoms with Crippen molar-refractivity contribution < 1.29 is 9.53 Å². The molecule has 3 aromatic heterocycles. The third-order valence-electron chi connectivity index (χ3n) is 4.66. The van der Waals surface area contributed by atoms with Gasteiger partial charge in [-0.2, -0.15) is 0 Å². The van der Waals surface area contributed by atoms with Crippen molar-refractivity contribution in [1.29, 1.82) is 0 Å². The van der Waals surface area contributed by atoms with Gasteiger partial charge < -0.3 is 15.8 Å². The van der Waals surface area contributed by atoms with E-state index in [0.717, 1.165) is 0 Å². The first-order valence-electron chi connectivity index (χ1n) is 10.2. The van der Waals surface area contributed by atoms with Gasteiger partial charge in [-0.3, -0.25) is 14.2 Å². The second-order valence-electron chi connectivity index (χ2n) is 6.99. The molecule has 11 heteroatoms. The van der Waals surface area contributed by atoms with E-state index in [1.54, 1.807) is 59.5 Å². The molecule has 0 bridgehead atoms. The molecule has 4 aromatic rings. The van der Waals surface area contributed by atoms with Crippen molar-refractivity contribution in [3.8, 4) is 17.1 Å². The first-order valence-corrected chi connectivity index (χ1v) is 11.3. The maximum atomic E-state index is 12.2. The summed E-state index contributed by atoms with van der Waals surface area (Å²) in [6, 6.07) is 13.7. The molecule has 0 fully saturated rings. The van der Waals surface area contributed by atoms with Gasteiger partial charge in [0.25, 0.3) is 11.5 Å². The molecule has 0 aliphatic carbocycles. The van der Waals surface area contributed by atoms with Crippen LogP contribution in [0.1, 0.15) is 21.8 Å². The van der Waals surface area contributed by atoms with Crippen molar-refractivity contribution >= 4 is 28.8 Å². The summed E-state index contributed by atoms with van der Waals surface area (Å²) in [7, 11) is 0. The van der Waals surface area contributed by atoms with Gasteiger partial charge in [0.2, 0.25) is 0 Å². The summed E-state index contributed by atoms with van der Waals surface area (Å²) >= 11 is 7.09. The fourth-order valence-corrected chi connectivity index (χ4v) is 4.01. The Balaban J connectivity index is 1.56. The van der Waals surface area contributed by atoms with Crippen LogP contribution in [0.4, 0.5) is 0 Å². The summed E-state index contributed by atoms with van der Waals surface area (Å²) in [4.78, 5) is 25.0. The number of rotatable bonds is 9. The van der Waals surface area contributed by atoms with Crippen LogP contribution in [0.15, 0.2) is 65.7 Å². The van der Waals surface area contributed by atoms with Gasteiger partial charge in [-0.1, -0.05) is 22.9 Å². The number of amides is 1. The summed E-state index contributed by atoms with van der Waals surface area (Å²) in [5, 5.41) is 11.1. The van der Waals surface area contributed by atoms with Crippen LogP contribution in [0.3, 0.4) is 0 Å². The summed E-state index contributed by atoms with van der Waals surface area (Å²) in [5.74, 6) is 0.301. The zero-order valence-corrected chi connectivity index (χ0v) is 19.1. The monoisotopic (exact) mass is 484 g/mol. The fraction of sp³-hybridized carbons (Fsp3) is 0.182. The number of halogens is 1. The Morgan fingerprint density at radius 3 is 2.85 bits per heavy atom. The highest BCUT2D eigenvalue weighted by Crippen LogP contribution is 2.26.